The summed E-state index contributed by atoms with van der Waals surface area (Å²) in [6, 6.07) is 18.6. The van der Waals surface area contributed by atoms with E-state index in [9.17, 15) is 14.4 Å². The van der Waals surface area contributed by atoms with Gasteiger partial charge in [-0.15, -0.1) is 0 Å². The highest BCUT2D eigenvalue weighted by molar-refractivity contribution is 6.41. The molecule has 8 heteroatoms. The number of hydrogen-bond acceptors (Lipinski definition) is 3. The van der Waals surface area contributed by atoms with Gasteiger partial charge in [-0.3, -0.25) is 9.59 Å². The molecule has 0 fully saturated rings. The third-order valence-corrected chi connectivity index (χ3v) is 6.30. The topological polar surface area (TPSA) is 87.3 Å². The number of halogens is 2. The highest BCUT2D eigenvalue weighted by Crippen LogP contribution is 2.41. The third kappa shape index (κ3) is 4.32. The van der Waals surface area contributed by atoms with E-state index in [1.807, 2.05) is 37.3 Å². The SMILES string of the molecule is CC(NC(=O)Nc1cccc(C2(C)C(=O)Nc3cc(Cl)cc(Cl)c3C2=O)c1)c1ccccc1. The van der Waals surface area contributed by atoms with Crippen molar-refractivity contribution < 1.29 is 14.4 Å². The number of rotatable bonds is 4. The fraction of sp³-hybridized carbons (Fsp3) is 0.160. The number of fused-ring (bicyclic) bond motifs is 1. The van der Waals surface area contributed by atoms with Crippen molar-refractivity contribution in [2.24, 2.45) is 0 Å². The Kier molecular flexibility index (Phi) is 6.15. The fourth-order valence-corrected chi connectivity index (χ4v) is 4.44. The Morgan fingerprint density at radius 1 is 1.00 bits per heavy atom. The van der Waals surface area contributed by atoms with Crippen LogP contribution in [0.3, 0.4) is 0 Å². The lowest BCUT2D eigenvalue weighted by Crippen LogP contribution is -2.48. The van der Waals surface area contributed by atoms with Gasteiger partial charge in [-0.05, 0) is 49.2 Å². The summed E-state index contributed by atoms with van der Waals surface area (Å²) in [6.45, 7) is 3.42. The number of carbonyl (C=O) groups is 3. The van der Waals surface area contributed by atoms with Crippen LogP contribution in [0.2, 0.25) is 10.0 Å². The largest absolute Gasteiger partial charge is 0.331 e. The van der Waals surface area contributed by atoms with E-state index >= 15 is 0 Å². The van der Waals surface area contributed by atoms with Crippen LogP contribution in [0.15, 0.2) is 66.7 Å². The van der Waals surface area contributed by atoms with Gasteiger partial charge >= 0.3 is 6.03 Å². The molecule has 2 unspecified atom stereocenters. The van der Waals surface area contributed by atoms with Crippen LogP contribution in [0.25, 0.3) is 0 Å². The van der Waals surface area contributed by atoms with E-state index in [-0.39, 0.29) is 22.3 Å². The van der Waals surface area contributed by atoms with Crippen molar-refractivity contribution in [1.29, 1.82) is 0 Å². The Morgan fingerprint density at radius 3 is 2.45 bits per heavy atom. The highest BCUT2D eigenvalue weighted by atomic mass is 35.5. The fourth-order valence-electron chi connectivity index (χ4n) is 3.86. The number of Topliss-reactive ketones (excluding diaryl/α,β-unsaturated/α-hetero) is 1. The second-order valence-electron chi connectivity index (χ2n) is 8.03. The monoisotopic (exact) mass is 481 g/mol. The molecule has 2 atom stereocenters. The van der Waals surface area contributed by atoms with E-state index in [2.05, 4.69) is 16.0 Å². The van der Waals surface area contributed by atoms with Crippen LogP contribution >= 0.6 is 23.2 Å². The summed E-state index contributed by atoms with van der Waals surface area (Å²) in [7, 11) is 0. The molecule has 168 valence electrons. The number of anilines is 2. The van der Waals surface area contributed by atoms with Crippen LogP contribution in [0.5, 0.6) is 0 Å². The highest BCUT2D eigenvalue weighted by Gasteiger charge is 2.48. The van der Waals surface area contributed by atoms with Crippen molar-refractivity contribution in [3.63, 3.8) is 0 Å². The molecule has 1 aliphatic rings. The number of amides is 3. The first-order chi connectivity index (χ1) is 15.7. The van der Waals surface area contributed by atoms with Gasteiger partial charge in [-0.2, -0.15) is 0 Å². The zero-order valence-corrected chi connectivity index (χ0v) is 19.4. The molecule has 0 aliphatic carbocycles. The number of benzene rings is 3. The number of ketones is 1. The van der Waals surface area contributed by atoms with Gasteiger partial charge in [-0.25, -0.2) is 4.79 Å². The minimum Gasteiger partial charge on any atom is -0.331 e. The van der Waals surface area contributed by atoms with Gasteiger partial charge in [0.05, 0.1) is 22.3 Å². The molecule has 0 saturated heterocycles. The standard InChI is InChI=1S/C25H21Cl2N3O3/c1-14(15-7-4-3-5-8-15)28-24(33)29-18-10-6-9-16(11-18)25(2)22(31)21-19(27)12-17(26)13-20(21)30-23(25)32/h3-14H,1-2H3,(H,30,32)(H2,28,29,33). The summed E-state index contributed by atoms with van der Waals surface area (Å²) >= 11 is 12.3. The molecule has 1 heterocycles. The maximum atomic E-state index is 13.4. The van der Waals surface area contributed by atoms with Crippen LogP contribution in [-0.2, 0) is 10.2 Å². The van der Waals surface area contributed by atoms with Crippen molar-refractivity contribution in [3.8, 4) is 0 Å². The van der Waals surface area contributed by atoms with Crippen LogP contribution in [0.1, 0.15) is 41.4 Å². The van der Waals surface area contributed by atoms with E-state index in [4.69, 9.17) is 23.2 Å². The van der Waals surface area contributed by atoms with E-state index in [0.717, 1.165) is 5.56 Å². The second-order valence-corrected chi connectivity index (χ2v) is 8.87. The molecule has 4 rings (SSSR count). The van der Waals surface area contributed by atoms with Crippen LogP contribution in [0.4, 0.5) is 16.2 Å². The molecule has 3 aromatic carbocycles. The van der Waals surface area contributed by atoms with Crippen LogP contribution < -0.4 is 16.0 Å². The lowest BCUT2D eigenvalue weighted by atomic mass is 9.73. The Hall–Kier alpha value is -3.35. The first-order valence-electron chi connectivity index (χ1n) is 10.3. The molecule has 0 saturated carbocycles. The molecule has 33 heavy (non-hydrogen) atoms. The van der Waals surface area contributed by atoms with Gasteiger partial charge in [0, 0.05) is 10.7 Å². The smallest absolute Gasteiger partial charge is 0.319 e. The minimum atomic E-state index is -1.53. The van der Waals surface area contributed by atoms with Gasteiger partial charge in [0.2, 0.25) is 5.91 Å². The minimum absolute atomic E-state index is 0.164. The Morgan fingerprint density at radius 2 is 1.73 bits per heavy atom. The van der Waals surface area contributed by atoms with E-state index in [0.29, 0.717) is 16.3 Å². The summed E-state index contributed by atoms with van der Waals surface area (Å²) < 4.78 is 0. The summed E-state index contributed by atoms with van der Waals surface area (Å²) in [6.07, 6.45) is 0. The van der Waals surface area contributed by atoms with Crippen molar-refractivity contribution in [2.75, 3.05) is 10.6 Å². The van der Waals surface area contributed by atoms with Crippen molar-refractivity contribution >= 4 is 52.3 Å². The average Bonchev–Trinajstić information content (AvgIpc) is 2.77. The quantitative estimate of drug-likeness (QED) is 0.401. The maximum absolute atomic E-state index is 13.4. The number of urea groups is 1. The maximum Gasteiger partial charge on any atom is 0.319 e. The molecule has 1 aliphatic heterocycles. The third-order valence-electron chi connectivity index (χ3n) is 5.78. The molecule has 6 nitrogen and oxygen atoms in total. The number of hydrogen-bond donors (Lipinski definition) is 3. The zero-order valence-electron chi connectivity index (χ0n) is 17.9. The van der Waals surface area contributed by atoms with E-state index in [1.165, 1.54) is 19.1 Å². The predicted octanol–water partition coefficient (Wildman–Crippen LogP) is 5.97. The lowest BCUT2D eigenvalue weighted by Gasteiger charge is -2.33. The summed E-state index contributed by atoms with van der Waals surface area (Å²) in [5, 5.41) is 8.86. The van der Waals surface area contributed by atoms with Gasteiger partial charge in [-0.1, -0.05) is 65.7 Å². The Labute approximate surface area is 201 Å². The van der Waals surface area contributed by atoms with Gasteiger partial charge in [0.1, 0.15) is 5.41 Å². The van der Waals surface area contributed by atoms with E-state index in [1.54, 1.807) is 24.3 Å². The normalized spacial score (nSPS) is 18.2. The number of carbonyl (C=O) groups excluding carboxylic acids is 3. The average molecular weight is 482 g/mol. The van der Waals surface area contributed by atoms with Gasteiger partial charge in [0.15, 0.2) is 5.78 Å². The molecular weight excluding hydrogens is 461 g/mol. The molecule has 3 N–H and O–H groups in total. The second kappa shape index (κ2) is 8.89. The van der Waals surface area contributed by atoms with Crippen LogP contribution in [-0.4, -0.2) is 17.7 Å². The summed E-state index contributed by atoms with van der Waals surface area (Å²) in [5.41, 5.74) is 0.792. The molecular formula is C25H21Cl2N3O3. The van der Waals surface area contributed by atoms with Crippen molar-refractivity contribution in [1.82, 2.24) is 5.32 Å². The van der Waals surface area contributed by atoms with Gasteiger partial charge in [0.25, 0.3) is 0 Å². The lowest BCUT2D eigenvalue weighted by molar-refractivity contribution is -0.119. The Balaban J connectivity index is 1.58. The first-order valence-corrected chi connectivity index (χ1v) is 11.0. The molecule has 0 radical (unpaired) electrons. The van der Waals surface area contributed by atoms with Crippen molar-refractivity contribution in [3.05, 3.63) is 93.5 Å². The van der Waals surface area contributed by atoms with E-state index < -0.39 is 23.1 Å². The summed E-state index contributed by atoms with van der Waals surface area (Å²) in [5.74, 6) is -0.945. The Bertz CT molecular complexity index is 1260. The summed E-state index contributed by atoms with van der Waals surface area (Å²) in [4.78, 5) is 39.0. The molecule has 3 aromatic rings. The molecule has 0 bridgehead atoms. The van der Waals surface area contributed by atoms with Gasteiger partial charge < -0.3 is 16.0 Å². The first kappa shape index (κ1) is 22.8. The number of nitrogens with one attached hydrogen (secondary N) is 3. The van der Waals surface area contributed by atoms with Crippen LogP contribution in [0, 0.1) is 0 Å². The predicted molar refractivity (Wildman–Crippen MR) is 130 cm³/mol. The van der Waals surface area contributed by atoms with Crippen molar-refractivity contribution in [2.45, 2.75) is 25.3 Å². The molecule has 0 aromatic heterocycles. The molecule has 3 amide bonds. The molecule has 0 spiro atoms. The zero-order chi connectivity index (χ0) is 23.8.